The Labute approximate surface area is 116 Å². The summed E-state index contributed by atoms with van der Waals surface area (Å²) < 4.78 is 4.08. The highest BCUT2D eigenvalue weighted by molar-refractivity contribution is 7.05. The lowest BCUT2D eigenvalue weighted by Gasteiger charge is -2.26. The maximum Gasteiger partial charge on any atom is 0.271 e. The molecule has 1 heterocycles. The van der Waals surface area contributed by atoms with E-state index in [-0.39, 0.29) is 17.7 Å². The molecule has 1 aromatic heterocycles. The quantitative estimate of drug-likeness (QED) is 0.876. The molecular formula is C13H19N3O2S. The first-order valence-electron chi connectivity index (χ1n) is 6.57. The van der Waals surface area contributed by atoms with Gasteiger partial charge in [-0.25, -0.2) is 0 Å². The maximum absolute atomic E-state index is 11.8. The Bertz CT molecular complexity index is 464. The van der Waals surface area contributed by atoms with Gasteiger partial charge in [0.15, 0.2) is 0 Å². The van der Waals surface area contributed by atoms with Crippen molar-refractivity contribution in [1.29, 1.82) is 0 Å². The zero-order chi connectivity index (χ0) is 13.8. The van der Waals surface area contributed by atoms with Gasteiger partial charge in [0.1, 0.15) is 5.69 Å². The molecule has 19 heavy (non-hydrogen) atoms. The highest BCUT2D eigenvalue weighted by Crippen LogP contribution is 2.28. The van der Waals surface area contributed by atoms with Gasteiger partial charge in [-0.15, -0.1) is 0 Å². The molecule has 0 saturated heterocycles. The van der Waals surface area contributed by atoms with E-state index in [0.29, 0.717) is 18.2 Å². The van der Waals surface area contributed by atoms with Crippen LogP contribution in [0.4, 0.5) is 0 Å². The van der Waals surface area contributed by atoms with Crippen molar-refractivity contribution in [2.24, 2.45) is 17.6 Å². The van der Waals surface area contributed by atoms with Crippen molar-refractivity contribution in [1.82, 2.24) is 9.69 Å². The van der Waals surface area contributed by atoms with E-state index in [9.17, 15) is 9.59 Å². The van der Waals surface area contributed by atoms with Crippen LogP contribution in [0.25, 0.3) is 0 Å². The van der Waals surface area contributed by atoms with Crippen molar-refractivity contribution in [3.8, 4) is 0 Å². The summed E-state index contributed by atoms with van der Waals surface area (Å²) in [6.07, 6.45) is 3.57. The SMILES string of the molecule is Cc1cc(C(=O)NCC2CCC(C(N)=O)CC2)ns1. The molecule has 0 aliphatic heterocycles. The maximum atomic E-state index is 11.8. The summed E-state index contributed by atoms with van der Waals surface area (Å²) in [5.74, 6) is 0.161. The Hall–Kier alpha value is -1.43. The summed E-state index contributed by atoms with van der Waals surface area (Å²) in [6.45, 7) is 2.58. The van der Waals surface area contributed by atoms with Crippen LogP contribution in [-0.4, -0.2) is 22.7 Å². The molecule has 0 atom stereocenters. The van der Waals surface area contributed by atoms with Crippen LogP contribution in [0.3, 0.4) is 0 Å². The molecular weight excluding hydrogens is 262 g/mol. The number of amides is 2. The molecule has 0 aromatic carbocycles. The van der Waals surface area contributed by atoms with Crippen LogP contribution in [0.2, 0.25) is 0 Å². The summed E-state index contributed by atoms with van der Waals surface area (Å²) in [4.78, 5) is 23.9. The number of carbonyl (C=O) groups is 2. The molecule has 3 N–H and O–H groups in total. The highest BCUT2D eigenvalue weighted by atomic mass is 32.1. The van der Waals surface area contributed by atoms with Gasteiger partial charge in [-0.3, -0.25) is 9.59 Å². The van der Waals surface area contributed by atoms with Crippen molar-refractivity contribution >= 4 is 23.3 Å². The van der Waals surface area contributed by atoms with Crippen molar-refractivity contribution in [2.45, 2.75) is 32.6 Å². The second kappa shape index (κ2) is 6.14. The van der Waals surface area contributed by atoms with E-state index in [1.54, 1.807) is 6.07 Å². The topological polar surface area (TPSA) is 85.1 Å². The van der Waals surface area contributed by atoms with Crippen LogP contribution in [0.1, 0.15) is 41.0 Å². The monoisotopic (exact) mass is 281 g/mol. The molecule has 2 amide bonds. The lowest BCUT2D eigenvalue weighted by atomic mass is 9.81. The van der Waals surface area contributed by atoms with Crippen molar-refractivity contribution in [3.05, 3.63) is 16.6 Å². The van der Waals surface area contributed by atoms with Gasteiger partial charge in [-0.2, -0.15) is 4.37 Å². The van der Waals surface area contributed by atoms with E-state index in [1.165, 1.54) is 11.5 Å². The first kappa shape index (κ1) is 14.0. The van der Waals surface area contributed by atoms with E-state index in [2.05, 4.69) is 9.69 Å². The second-order valence-corrected chi connectivity index (χ2v) is 6.16. The molecule has 0 bridgehead atoms. The summed E-state index contributed by atoms with van der Waals surface area (Å²) in [5, 5.41) is 2.92. The predicted octanol–water partition coefficient (Wildman–Crippen LogP) is 1.47. The van der Waals surface area contributed by atoms with Crippen LogP contribution in [0, 0.1) is 18.8 Å². The first-order valence-corrected chi connectivity index (χ1v) is 7.34. The minimum absolute atomic E-state index is 0.0214. The Morgan fingerprint density at radius 1 is 1.42 bits per heavy atom. The third-order valence-corrected chi connectivity index (χ3v) is 4.35. The summed E-state index contributed by atoms with van der Waals surface area (Å²) >= 11 is 1.34. The lowest BCUT2D eigenvalue weighted by Crippen LogP contribution is -2.34. The minimum atomic E-state index is -0.194. The fraction of sp³-hybridized carbons (Fsp3) is 0.615. The zero-order valence-corrected chi connectivity index (χ0v) is 11.8. The molecule has 1 aliphatic rings. The number of hydrogen-bond donors (Lipinski definition) is 2. The standard InChI is InChI=1S/C13H19N3O2S/c1-8-6-11(16-19-8)13(18)15-7-9-2-4-10(5-3-9)12(14)17/h6,9-10H,2-5,7H2,1H3,(H2,14,17)(H,15,18). The molecule has 5 nitrogen and oxygen atoms in total. The number of primary amides is 1. The average molecular weight is 281 g/mol. The Morgan fingerprint density at radius 2 is 2.11 bits per heavy atom. The Kier molecular flexibility index (Phi) is 4.52. The lowest BCUT2D eigenvalue weighted by molar-refractivity contribution is -0.122. The fourth-order valence-corrected chi connectivity index (χ4v) is 2.99. The van der Waals surface area contributed by atoms with Gasteiger partial charge < -0.3 is 11.1 Å². The summed E-state index contributed by atoms with van der Waals surface area (Å²) in [7, 11) is 0. The number of aromatic nitrogens is 1. The van der Waals surface area contributed by atoms with Crippen molar-refractivity contribution < 1.29 is 9.59 Å². The molecule has 1 aliphatic carbocycles. The van der Waals surface area contributed by atoms with E-state index < -0.39 is 0 Å². The Morgan fingerprint density at radius 3 is 2.63 bits per heavy atom. The van der Waals surface area contributed by atoms with Crippen LogP contribution in [-0.2, 0) is 4.79 Å². The summed E-state index contributed by atoms with van der Waals surface area (Å²) in [5.41, 5.74) is 5.79. The average Bonchev–Trinajstić information content (AvgIpc) is 2.83. The molecule has 1 fully saturated rings. The smallest absolute Gasteiger partial charge is 0.271 e. The highest BCUT2D eigenvalue weighted by Gasteiger charge is 2.25. The van der Waals surface area contributed by atoms with Crippen molar-refractivity contribution in [3.63, 3.8) is 0 Å². The van der Waals surface area contributed by atoms with Crippen LogP contribution in [0.5, 0.6) is 0 Å². The van der Waals surface area contributed by atoms with Gasteiger partial charge in [0.05, 0.1) is 0 Å². The zero-order valence-electron chi connectivity index (χ0n) is 11.0. The van der Waals surface area contributed by atoms with Gasteiger partial charge in [0.2, 0.25) is 5.91 Å². The largest absolute Gasteiger partial charge is 0.369 e. The Balaban J connectivity index is 1.75. The van der Waals surface area contributed by atoms with Gasteiger partial charge in [-0.05, 0) is 56.1 Å². The van der Waals surface area contributed by atoms with E-state index in [0.717, 1.165) is 30.6 Å². The molecule has 104 valence electrons. The number of nitrogens with two attached hydrogens (primary N) is 1. The number of nitrogens with one attached hydrogen (secondary N) is 1. The van der Waals surface area contributed by atoms with Crippen LogP contribution in [0.15, 0.2) is 6.07 Å². The second-order valence-electron chi connectivity index (χ2n) is 5.15. The molecule has 1 aromatic rings. The van der Waals surface area contributed by atoms with Gasteiger partial charge >= 0.3 is 0 Å². The molecule has 0 spiro atoms. The first-order chi connectivity index (χ1) is 9.06. The molecule has 0 unspecified atom stereocenters. The van der Waals surface area contributed by atoms with Crippen LogP contribution >= 0.6 is 11.5 Å². The molecule has 1 saturated carbocycles. The summed E-state index contributed by atoms with van der Waals surface area (Å²) in [6, 6.07) is 1.80. The third-order valence-electron chi connectivity index (χ3n) is 3.66. The van der Waals surface area contributed by atoms with E-state index in [1.807, 2.05) is 6.92 Å². The fourth-order valence-electron chi connectivity index (χ4n) is 2.45. The van der Waals surface area contributed by atoms with Gasteiger partial charge in [0.25, 0.3) is 5.91 Å². The normalized spacial score (nSPS) is 23.0. The number of aryl methyl sites for hydroxylation is 1. The minimum Gasteiger partial charge on any atom is -0.369 e. The molecule has 0 radical (unpaired) electrons. The van der Waals surface area contributed by atoms with Gasteiger partial charge in [-0.1, -0.05) is 0 Å². The van der Waals surface area contributed by atoms with Crippen LogP contribution < -0.4 is 11.1 Å². The number of rotatable bonds is 4. The van der Waals surface area contributed by atoms with E-state index in [4.69, 9.17) is 5.73 Å². The van der Waals surface area contributed by atoms with Gasteiger partial charge in [0, 0.05) is 17.3 Å². The van der Waals surface area contributed by atoms with Crippen molar-refractivity contribution in [2.75, 3.05) is 6.54 Å². The number of nitrogens with zero attached hydrogens (tertiary/aromatic N) is 1. The third kappa shape index (κ3) is 3.76. The number of carbonyl (C=O) groups excluding carboxylic acids is 2. The molecule has 2 rings (SSSR count). The van der Waals surface area contributed by atoms with E-state index >= 15 is 0 Å². The molecule has 6 heteroatoms. The predicted molar refractivity (Wildman–Crippen MR) is 73.8 cm³/mol. The number of hydrogen-bond acceptors (Lipinski definition) is 4.